The van der Waals surface area contributed by atoms with Gasteiger partial charge >= 0.3 is 157 Å². The van der Waals surface area contributed by atoms with Gasteiger partial charge in [0, 0.05) is 0 Å². The Balaban J connectivity index is -0.00000000450. The Morgan fingerprint density at radius 2 is 1.43 bits per heavy atom. The molecule has 0 rings (SSSR count). The van der Waals surface area contributed by atoms with Gasteiger partial charge in [-0.1, -0.05) is 0 Å². The zero-order valence-corrected chi connectivity index (χ0v) is 14.9. The number of rotatable bonds is 0. The van der Waals surface area contributed by atoms with Crippen LogP contribution < -0.4 is 132 Å². The van der Waals surface area contributed by atoms with Gasteiger partial charge < -0.3 is 2.85 Å². The normalized spacial score (nSPS) is 3.57. The van der Waals surface area contributed by atoms with Crippen molar-refractivity contribution in [2.24, 2.45) is 0 Å². The molecule has 0 aromatic rings. The first-order valence-electron chi connectivity index (χ1n) is 0.548. The molecule has 0 heterocycles. The third-order valence-electron chi connectivity index (χ3n) is 0. The second-order valence-corrected chi connectivity index (χ2v) is 1.32. The Hall–Kier alpha value is 4.34. The largest absolute Gasteiger partial charge is 1.00 e. The second kappa shape index (κ2) is 16.7. The van der Waals surface area contributed by atoms with Crippen molar-refractivity contribution < 1.29 is 160 Å². The van der Waals surface area contributed by atoms with Crippen LogP contribution in [0.15, 0.2) is 0 Å². The number of hydrogen-bond donors (Lipinski definition) is 0. The molecule has 0 N–H and O–H groups in total. The molecule has 7 heavy (non-hydrogen) atoms. The zero-order chi connectivity index (χ0) is 3.58. The minimum atomic E-state index is -4.20. The van der Waals surface area contributed by atoms with Crippen molar-refractivity contribution in [3.63, 3.8) is 0 Å². The molecule has 0 aliphatic heterocycles. The Bertz CT molecular complexity index is 70.2. The molecule has 0 aliphatic rings. The van der Waals surface area contributed by atoms with Gasteiger partial charge in [-0.25, -0.2) is 0 Å². The molecule has 28 valence electrons. The van der Waals surface area contributed by atoms with Crippen molar-refractivity contribution in [1.29, 1.82) is 0 Å². The first kappa shape index (κ1) is 22.5. The molecule has 0 saturated heterocycles. The SMILES string of the molecule is [H-].[H-].[K+].[Li+].[O]=[Nb](=[O])[O-].[Rb+]. The Labute approximate surface area is 155 Å². The summed E-state index contributed by atoms with van der Waals surface area (Å²) in [7, 11) is 0. The molecule has 0 fully saturated rings. The van der Waals surface area contributed by atoms with Crippen LogP contribution in [0.1, 0.15) is 2.85 Å². The Kier molecular flexibility index (Phi) is 53.8. The summed E-state index contributed by atoms with van der Waals surface area (Å²) in [4.78, 5) is 0. The minimum Gasteiger partial charge on any atom is 1.00 e. The predicted molar refractivity (Wildman–Crippen MR) is 3.60 cm³/mol. The van der Waals surface area contributed by atoms with E-state index in [0.29, 0.717) is 0 Å². The Morgan fingerprint density at radius 1 is 1.43 bits per heavy atom. The third kappa shape index (κ3) is 38.2. The molecule has 0 spiro atoms. The molecule has 0 radical (unpaired) electrons. The van der Waals surface area contributed by atoms with Crippen molar-refractivity contribution in [3.8, 4) is 0 Å². The van der Waals surface area contributed by atoms with E-state index < -0.39 is 18.8 Å². The van der Waals surface area contributed by atoms with Gasteiger partial charge in [-0.3, -0.25) is 0 Å². The maximum absolute atomic E-state index is 8.60. The van der Waals surface area contributed by atoms with E-state index in [2.05, 4.69) is 0 Å². The average molecular weight is 274 g/mol. The van der Waals surface area contributed by atoms with Crippen molar-refractivity contribution in [2.45, 2.75) is 0 Å². The van der Waals surface area contributed by atoms with Crippen LogP contribution in [0.25, 0.3) is 0 Å². The smallest absolute Gasteiger partial charge is 1.00 e. The fourth-order valence-electron chi connectivity index (χ4n) is 0. The van der Waals surface area contributed by atoms with Crippen LogP contribution >= 0.6 is 0 Å². The second-order valence-electron chi connectivity index (χ2n) is 0.224. The van der Waals surface area contributed by atoms with Crippen LogP contribution in [0.4, 0.5) is 0 Å². The van der Waals surface area contributed by atoms with Crippen molar-refractivity contribution in [3.05, 3.63) is 0 Å². The molecule has 0 aromatic heterocycles. The van der Waals surface area contributed by atoms with Gasteiger partial charge in [-0.2, -0.15) is 0 Å². The molecule has 0 atom stereocenters. The zero-order valence-electron chi connectivity index (χ0n) is 6.67. The summed E-state index contributed by atoms with van der Waals surface area (Å²) in [5.74, 6) is 0. The van der Waals surface area contributed by atoms with Gasteiger partial charge in [-0.15, -0.1) is 0 Å². The summed E-state index contributed by atoms with van der Waals surface area (Å²) in [5, 5.41) is 0. The maximum atomic E-state index is 8.60. The molecule has 0 saturated carbocycles. The van der Waals surface area contributed by atoms with Crippen molar-refractivity contribution in [2.75, 3.05) is 0 Å². The van der Waals surface area contributed by atoms with Gasteiger partial charge in [0.15, 0.2) is 0 Å². The standard InChI is InChI=1S/K.Li.Nb.3O.Rb.2H/q2*+1;;;;-1;+1;2*-1. The van der Waals surface area contributed by atoms with Crippen LogP contribution in [0.2, 0.25) is 0 Å². The summed E-state index contributed by atoms with van der Waals surface area (Å²) in [6.07, 6.45) is 0. The van der Waals surface area contributed by atoms with Crippen LogP contribution in [-0.2, 0) is 25.3 Å². The Morgan fingerprint density at radius 3 is 1.43 bits per heavy atom. The fourth-order valence-corrected chi connectivity index (χ4v) is 0. The quantitative estimate of drug-likeness (QED) is 0.412. The molecule has 0 aliphatic carbocycles. The molecule has 0 aromatic carbocycles. The van der Waals surface area contributed by atoms with E-state index >= 15 is 0 Å². The minimum absolute atomic E-state index is 0. The summed E-state index contributed by atoms with van der Waals surface area (Å²) in [6, 6.07) is 0. The van der Waals surface area contributed by atoms with Crippen LogP contribution in [0.3, 0.4) is 0 Å². The van der Waals surface area contributed by atoms with E-state index in [1.54, 1.807) is 0 Å². The van der Waals surface area contributed by atoms with Crippen LogP contribution in [0, 0.1) is 0 Å². The molecule has 3 nitrogen and oxygen atoms in total. The van der Waals surface area contributed by atoms with E-state index in [4.69, 9.17) is 10.1 Å². The van der Waals surface area contributed by atoms with Crippen LogP contribution in [-0.4, -0.2) is 0 Å². The van der Waals surface area contributed by atoms with Gasteiger partial charge in [0.2, 0.25) is 0 Å². The molecule has 0 amide bonds. The van der Waals surface area contributed by atoms with Crippen molar-refractivity contribution in [1.82, 2.24) is 0 Å². The van der Waals surface area contributed by atoms with Gasteiger partial charge in [0.25, 0.3) is 0 Å². The van der Waals surface area contributed by atoms with Crippen molar-refractivity contribution >= 4 is 0 Å². The van der Waals surface area contributed by atoms with E-state index in [-0.39, 0.29) is 131 Å². The molecule has 7 heteroatoms. The first-order valence-corrected chi connectivity index (χ1v) is 3.24. The summed E-state index contributed by atoms with van der Waals surface area (Å²) in [5.41, 5.74) is 0. The summed E-state index contributed by atoms with van der Waals surface area (Å²) in [6.45, 7) is 0. The molecule has 0 bridgehead atoms. The predicted octanol–water partition coefficient (Wildman–Crippen LogP) is -10.2. The maximum Gasteiger partial charge on any atom is 1.00 e. The third-order valence-corrected chi connectivity index (χ3v) is 0. The molecular formula is H2KLiNbO3Rb. The summed E-state index contributed by atoms with van der Waals surface area (Å²) >= 11 is -4.20. The fraction of sp³-hybridized carbons (Fsp3) is 0. The topological polar surface area (TPSA) is 57.2 Å². The average Bonchev–Trinajstić information content (AvgIpc) is 0.811. The first-order chi connectivity index (χ1) is 1.73. The number of hydrogen-bond acceptors (Lipinski definition) is 3. The van der Waals surface area contributed by atoms with E-state index in [1.807, 2.05) is 0 Å². The van der Waals surface area contributed by atoms with Crippen LogP contribution in [0.5, 0.6) is 0 Å². The van der Waals surface area contributed by atoms with Gasteiger partial charge in [0.05, 0.1) is 0 Å². The van der Waals surface area contributed by atoms with Gasteiger partial charge in [-0.05, 0) is 0 Å². The van der Waals surface area contributed by atoms with E-state index in [9.17, 15) is 0 Å². The summed E-state index contributed by atoms with van der Waals surface area (Å²) < 4.78 is 25.8. The monoisotopic (exact) mass is 274 g/mol. The molecule has 0 unspecified atom stereocenters. The van der Waals surface area contributed by atoms with E-state index in [0.717, 1.165) is 0 Å². The van der Waals surface area contributed by atoms with E-state index in [1.165, 1.54) is 0 Å². The van der Waals surface area contributed by atoms with Gasteiger partial charge in [0.1, 0.15) is 0 Å². The molecular weight excluding hydrogens is 272 g/mol.